The monoisotopic (exact) mass is 538 g/mol. The summed E-state index contributed by atoms with van der Waals surface area (Å²) in [6.07, 6.45) is 5.04. The number of benzene rings is 5. The number of halogens is 1. The molecule has 0 saturated heterocycles. The molecular weight excluding hydrogens is 516 g/mol. The van der Waals surface area contributed by atoms with Crippen LogP contribution in [0.25, 0.3) is 39.5 Å². The molecule has 0 radical (unpaired) electrons. The number of fused-ring (bicyclic) bond motifs is 8. The van der Waals surface area contributed by atoms with Gasteiger partial charge in [-0.05, 0) is 64.9 Å². The lowest BCUT2D eigenvalue weighted by atomic mass is 9.87. The highest BCUT2D eigenvalue weighted by Gasteiger charge is 2.39. The second kappa shape index (κ2) is 7.96. The number of anilines is 2. The second-order valence-corrected chi connectivity index (χ2v) is 10.8. The maximum absolute atomic E-state index is 3.70. The van der Waals surface area contributed by atoms with Crippen LogP contribution in [-0.4, -0.2) is 10.6 Å². The van der Waals surface area contributed by atoms with Gasteiger partial charge in [-0.25, -0.2) is 0 Å². The standard InChI is InChI=1S/C34H23BrN2/c35-23-10-8-13-25(19-23)37-30-16-7-6-15-27(30)28-20-29-33(21-32(28)37)36(24-11-2-1-3-12-24)31-18-17-22-9-4-5-14-26(22)34(29)31/h1-21,29,33H. The van der Waals surface area contributed by atoms with E-state index in [1.807, 2.05) is 0 Å². The molecular formula is C34H23BrN2. The van der Waals surface area contributed by atoms with Crippen molar-refractivity contribution in [3.8, 4) is 5.69 Å². The fraction of sp³-hybridized carbons (Fsp3) is 0.0588. The summed E-state index contributed by atoms with van der Waals surface area (Å²) in [5.74, 6) is 0.260. The highest BCUT2D eigenvalue weighted by molar-refractivity contribution is 9.10. The van der Waals surface area contributed by atoms with E-state index in [0.717, 1.165) is 4.47 Å². The molecule has 2 unspecified atom stereocenters. The average molecular weight is 539 g/mol. The molecule has 5 aromatic carbocycles. The maximum atomic E-state index is 3.70. The van der Waals surface area contributed by atoms with Gasteiger partial charge in [0.25, 0.3) is 0 Å². The van der Waals surface area contributed by atoms with Crippen LogP contribution >= 0.6 is 15.9 Å². The molecule has 176 valence electrons. The molecule has 2 nitrogen and oxygen atoms in total. The van der Waals surface area contributed by atoms with Gasteiger partial charge in [-0.1, -0.05) is 94.8 Å². The van der Waals surface area contributed by atoms with Gasteiger partial charge in [-0.2, -0.15) is 0 Å². The van der Waals surface area contributed by atoms with Crippen LogP contribution in [0, 0.1) is 0 Å². The molecule has 1 aliphatic heterocycles. The van der Waals surface area contributed by atoms with Crippen LogP contribution in [0.2, 0.25) is 0 Å². The first-order valence-corrected chi connectivity index (χ1v) is 13.5. The lowest BCUT2D eigenvalue weighted by Crippen LogP contribution is -2.40. The van der Waals surface area contributed by atoms with Crippen molar-refractivity contribution in [2.75, 3.05) is 4.90 Å². The Hall–Kier alpha value is -4.08. The molecule has 6 aromatic rings. The Labute approximate surface area is 223 Å². The van der Waals surface area contributed by atoms with Gasteiger partial charge in [0, 0.05) is 38.1 Å². The molecule has 2 atom stereocenters. The van der Waals surface area contributed by atoms with Gasteiger partial charge in [0.1, 0.15) is 0 Å². The minimum Gasteiger partial charge on any atom is -0.333 e. The first kappa shape index (κ1) is 21.0. The van der Waals surface area contributed by atoms with Crippen LogP contribution in [-0.2, 0) is 0 Å². The van der Waals surface area contributed by atoms with Gasteiger partial charge in [0.15, 0.2) is 0 Å². The molecule has 8 rings (SSSR count). The Morgan fingerprint density at radius 3 is 2.24 bits per heavy atom. The molecule has 2 aliphatic rings. The van der Waals surface area contributed by atoms with Crippen molar-refractivity contribution in [2.24, 2.45) is 0 Å². The van der Waals surface area contributed by atoms with E-state index in [0.29, 0.717) is 0 Å². The summed E-state index contributed by atoms with van der Waals surface area (Å²) in [4.78, 5) is 2.54. The van der Waals surface area contributed by atoms with Gasteiger partial charge in [0.2, 0.25) is 0 Å². The van der Waals surface area contributed by atoms with Crippen LogP contribution in [0.1, 0.15) is 11.5 Å². The fourth-order valence-corrected chi connectivity index (χ4v) is 6.84. The molecule has 0 saturated carbocycles. The zero-order chi connectivity index (χ0) is 24.5. The van der Waals surface area contributed by atoms with Crippen molar-refractivity contribution in [1.29, 1.82) is 0 Å². The van der Waals surface area contributed by atoms with E-state index >= 15 is 0 Å². The maximum Gasteiger partial charge on any atom is 0.0650 e. The summed E-state index contributed by atoms with van der Waals surface area (Å²) >= 11 is 3.70. The van der Waals surface area contributed by atoms with E-state index in [2.05, 4.69) is 153 Å². The smallest absolute Gasteiger partial charge is 0.0650 e. The minimum atomic E-state index is 0.186. The number of hydrogen-bond donors (Lipinski definition) is 0. The Bertz CT molecular complexity index is 1970. The number of para-hydroxylation sites is 2. The Balaban J connectivity index is 1.49. The summed E-state index contributed by atoms with van der Waals surface area (Å²) in [5, 5.41) is 6.53. The molecule has 2 heterocycles. The third-order valence-electron chi connectivity index (χ3n) is 7.93. The highest BCUT2D eigenvalue weighted by atomic mass is 79.9. The van der Waals surface area contributed by atoms with Crippen LogP contribution in [0.4, 0.5) is 11.4 Å². The van der Waals surface area contributed by atoms with Crippen LogP contribution < -0.4 is 15.5 Å². The fourth-order valence-electron chi connectivity index (χ4n) is 6.46. The predicted octanol–water partition coefficient (Wildman–Crippen LogP) is 7.42. The molecule has 1 aliphatic carbocycles. The first-order chi connectivity index (χ1) is 18.3. The topological polar surface area (TPSA) is 8.17 Å². The lowest BCUT2D eigenvalue weighted by Gasteiger charge is -2.28. The quantitative estimate of drug-likeness (QED) is 0.222. The van der Waals surface area contributed by atoms with Gasteiger partial charge in [-0.3, -0.25) is 0 Å². The molecule has 0 N–H and O–H groups in total. The van der Waals surface area contributed by atoms with Gasteiger partial charge < -0.3 is 9.47 Å². The minimum absolute atomic E-state index is 0.186. The van der Waals surface area contributed by atoms with E-state index < -0.39 is 0 Å². The van der Waals surface area contributed by atoms with Crippen LogP contribution in [0.3, 0.4) is 0 Å². The molecule has 37 heavy (non-hydrogen) atoms. The highest BCUT2D eigenvalue weighted by Crippen LogP contribution is 2.50. The van der Waals surface area contributed by atoms with E-state index in [1.54, 1.807) is 0 Å². The zero-order valence-electron chi connectivity index (χ0n) is 20.1. The van der Waals surface area contributed by atoms with Crippen LogP contribution in [0.5, 0.6) is 0 Å². The van der Waals surface area contributed by atoms with Crippen molar-refractivity contribution in [3.63, 3.8) is 0 Å². The summed E-state index contributed by atoms with van der Waals surface area (Å²) < 4.78 is 3.51. The molecule has 3 heteroatoms. The lowest BCUT2D eigenvalue weighted by molar-refractivity contribution is 0.798. The number of hydrogen-bond acceptors (Lipinski definition) is 1. The van der Waals surface area contributed by atoms with E-state index in [4.69, 9.17) is 0 Å². The zero-order valence-corrected chi connectivity index (χ0v) is 21.6. The van der Waals surface area contributed by atoms with Crippen LogP contribution in [0.15, 0.2) is 120 Å². The van der Waals surface area contributed by atoms with Crippen molar-refractivity contribution in [1.82, 2.24) is 4.57 Å². The van der Waals surface area contributed by atoms with Gasteiger partial charge >= 0.3 is 0 Å². The summed E-state index contributed by atoms with van der Waals surface area (Å²) in [6, 6.07) is 41.8. The molecule has 0 fully saturated rings. The van der Waals surface area contributed by atoms with Crippen molar-refractivity contribution >= 4 is 61.1 Å². The Morgan fingerprint density at radius 1 is 0.622 bits per heavy atom. The third kappa shape index (κ3) is 3.04. The molecule has 0 spiro atoms. The third-order valence-corrected chi connectivity index (χ3v) is 8.43. The van der Waals surface area contributed by atoms with Crippen molar-refractivity contribution < 1.29 is 0 Å². The molecule has 0 bridgehead atoms. The predicted molar refractivity (Wildman–Crippen MR) is 158 cm³/mol. The summed E-state index contributed by atoms with van der Waals surface area (Å²) in [6.45, 7) is 0. The second-order valence-electron chi connectivity index (χ2n) is 9.91. The summed E-state index contributed by atoms with van der Waals surface area (Å²) in [5.41, 5.74) is 6.36. The van der Waals surface area contributed by atoms with Crippen molar-refractivity contribution in [2.45, 2.75) is 12.0 Å². The van der Waals surface area contributed by atoms with E-state index in [9.17, 15) is 0 Å². The Kier molecular flexibility index (Phi) is 4.53. The molecule has 1 aromatic heterocycles. The van der Waals surface area contributed by atoms with Crippen molar-refractivity contribution in [3.05, 3.63) is 136 Å². The summed E-state index contributed by atoms with van der Waals surface area (Å²) in [7, 11) is 0. The van der Waals surface area contributed by atoms with Gasteiger partial charge in [-0.15, -0.1) is 0 Å². The first-order valence-electron chi connectivity index (χ1n) is 12.7. The van der Waals surface area contributed by atoms with E-state index in [1.165, 1.54) is 54.9 Å². The van der Waals surface area contributed by atoms with E-state index in [-0.39, 0.29) is 12.0 Å². The SMILES string of the molecule is Brc1cccc(-n2c3c(c4ccccc42)=CC2c4c(ccc5ccccc45)N(c4ccccc4)C2C=3)c1. The van der Waals surface area contributed by atoms with Gasteiger partial charge in [0.05, 0.1) is 16.9 Å². The Morgan fingerprint density at radius 2 is 1.38 bits per heavy atom. The normalized spacial score (nSPS) is 17.7. The largest absolute Gasteiger partial charge is 0.333 e. The number of aromatic nitrogens is 1. The molecule has 0 amide bonds. The number of nitrogens with zero attached hydrogens (tertiary/aromatic N) is 2. The number of rotatable bonds is 2. The average Bonchev–Trinajstić information content (AvgIpc) is 3.44.